The van der Waals surface area contributed by atoms with E-state index in [0.29, 0.717) is 0 Å². The maximum absolute atomic E-state index is 9.74. The van der Waals surface area contributed by atoms with Crippen LogP contribution in [0.4, 0.5) is 10.9 Å². The SMILES string of the molecule is Cc1nc(N2CCN(c3ccccn3)CC2)sc1C(C)O. The normalized spacial score (nSPS) is 17.1. The van der Waals surface area contributed by atoms with Gasteiger partial charge in [-0.15, -0.1) is 0 Å². The third kappa shape index (κ3) is 3.01. The fourth-order valence-corrected chi connectivity index (χ4v) is 3.64. The summed E-state index contributed by atoms with van der Waals surface area (Å²) in [6.45, 7) is 7.51. The number of pyridine rings is 1. The number of rotatable bonds is 3. The molecule has 3 rings (SSSR count). The molecule has 0 radical (unpaired) electrons. The van der Waals surface area contributed by atoms with Gasteiger partial charge in [0.1, 0.15) is 5.82 Å². The number of aliphatic hydroxyl groups is 1. The van der Waals surface area contributed by atoms with E-state index in [1.165, 1.54) is 0 Å². The summed E-state index contributed by atoms with van der Waals surface area (Å²) in [4.78, 5) is 14.6. The van der Waals surface area contributed by atoms with Crippen LogP contribution < -0.4 is 9.80 Å². The van der Waals surface area contributed by atoms with Crippen molar-refractivity contribution >= 4 is 22.3 Å². The Kier molecular flexibility index (Phi) is 4.07. The number of aromatic nitrogens is 2. The molecule has 0 aromatic carbocycles. The first-order chi connectivity index (χ1) is 10.1. The van der Waals surface area contributed by atoms with E-state index in [4.69, 9.17) is 0 Å². The Hall–Kier alpha value is -1.66. The van der Waals surface area contributed by atoms with Gasteiger partial charge in [0.05, 0.1) is 16.7 Å². The monoisotopic (exact) mass is 304 g/mol. The fourth-order valence-electron chi connectivity index (χ4n) is 2.58. The van der Waals surface area contributed by atoms with E-state index in [-0.39, 0.29) is 0 Å². The highest BCUT2D eigenvalue weighted by molar-refractivity contribution is 7.15. The van der Waals surface area contributed by atoms with Gasteiger partial charge in [0.15, 0.2) is 5.13 Å². The van der Waals surface area contributed by atoms with Gasteiger partial charge in [-0.25, -0.2) is 9.97 Å². The number of aryl methyl sites for hydroxylation is 1. The van der Waals surface area contributed by atoms with Gasteiger partial charge in [-0.1, -0.05) is 17.4 Å². The molecule has 21 heavy (non-hydrogen) atoms. The molecule has 0 saturated carbocycles. The molecule has 0 aliphatic carbocycles. The van der Waals surface area contributed by atoms with Crippen LogP contribution in [0.3, 0.4) is 0 Å². The molecule has 1 fully saturated rings. The summed E-state index contributed by atoms with van der Waals surface area (Å²) in [5.41, 5.74) is 0.942. The summed E-state index contributed by atoms with van der Waals surface area (Å²) in [6.07, 6.45) is 1.40. The number of thiazole rings is 1. The molecule has 1 unspecified atom stereocenters. The van der Waals surface area contributed by atoms with E-state index in [1.807, 2.05) is 25.3 Å². The van der Waals surface area contributed by atoms with Crippen molar-refractivity contribution < 1.29 is 5.11 Å². The quantitative estimate of drug-likeness (QED) is 0.942. The fraction of sp³-hybridized carbons (Fsp3) is 0.467. The minimum Gasteiger partial charge on any atom is -0.388 e. The van der Waals surface area contributed by atoms with Crippen LogP contribution in [-0.4, -0.2) is 41.3 Å². The third-order valence-electron chi connectivity index (χ3n) is 3.72. The number of piperazine rings is 1. The second kappa shape index (κ2) is 5.99. The molecule has 112 valence electrons. The Morgan fingerprint density at radius 1 is 1.19 bits per heavy atom. The molecule has 0 spiro atoms. The third-order valence-corrected chi connectivity index (χ3v) is 5.11. The molecular formula is C15H20N4OS. The van der Waals surface area contributed by atoms with Crippen LogP contribution in [0.15, 0.2) is 24.4 Å². The molecule has 2 aromatic rings. The predicted molar refractivity (Wildman–Crippen MR) is 86.1 cm³/mol. The summed E-state index contributed by atoms with van der Waals surface area (Å²) in [5, 5.41) is 10.8. The van der Waals surface area contributed by atoms with Crippen molar-refractivity contribution in [3.8, 4) is 0 Å². The second-order valence-electron chi connectivity index (χ2n) is 5.28. The van der Waals surface area contributed by atoms with Gasteiger partial charge in [-0.05, 0) is 26.0 Å². The topological polar surface area (TPSA) is 52.5 Å². The van der Waals surface area contributed by atoms with Crippen LogP contribution >= 0.6 is 11.3 Å². The number of anilines is 2. The van der Waals surface area contributed by atoms with Crippen molar-refractivity contribution in [1.82, 2.24) is 9.97 Å². The summed E-state index contributed by atoms with van der Waals surface area (Å²) in [5.74, 6) is 1.04. The number of hydrogen-bond donors (Lipinski definition) is 1. The molecule has 0 bridgehead atoms. The van der Waals surface area contributed by atoms with Gasteiger partial charge >= 0.3 is 0 Å². The molecular weight excluding hydrogens is 284 g/mol. The van der Waals surface area contributed by atoms with Crippen LogP contribution in [0.5, 0.6) is 0 Å². The first-order valence-corrected chi connectivity index (χ1v) is 8.03. The number of hydrogen-bond acceptors (Lipinski definition) is 6. The van der Waals surface area contributed by atoms with Crippen molar-refractivity contribution in [3.05, 3.63) is 35.0 Å². The average molecular weight is 304 g/mol. The molecule has 3 heterocycles. The van der Waals surface area contributed by atoms with E-state index >= 15 is 0 Å². The van der Waals surface area contributed by atoms with Crippen molar-refractivity contribution in [3.63, 3.8) is 0 Å². The molecule has 0 amide bonds. The lowest BCUT2D eigenvalue weighted by atomic mass is 10.3. The highest BCUT2D eigenvalue weighted by atomic mass is 32.1. The van der Waals surface area contributed by atoms with Crippen molar-refractivity contribution in [2.45, 2.75) is 20.0 Å². The Labute approximate surface area is 128 Å². The molecule has 1 aliphatic heterocycles. The Bertz CT molecular complexity index is 591. The van der Waals surface area contributed by atoms with Gasteiger partial charge < -0.3 is 14.9 Å². The largest absolute Gasteiger partial charge is 0.388 e. The summed E-state index contributed by atoms with van der Waals surface area (Å²) in [6, 6.07) is 6.01. The van der Waals surface area contributed by atoms with Crippen LogP contribution in [-0.2, 0) is 0 Å². The summed E-state index contributed by atoms with van der Waals surface area (Å²) < 4.78 is 0. The smallest absolute Gasteiger partial charge is 0.185 e. The minimum absolute atomic E-state index is 0.439. The zero-order valence-electron chi connectivity index (χ0n) is 12.4. The van der Waals surface area contributed by atoms with E-state index < -0.39 is 6.10 Å². The van der Waals surface area contributed by atoms with Crippen molar-refractivity contribution in [1.29, 1.82) is 0 Å². The van der Waals surface area contributed by atoms with E-state index in [9.17, 15) is 5.11 Å². The molecule has 1 saturated heterocycles. The lowest BCUT2D eigenvalue weighted by Crippen LogP contribution is -2.46. The van der Waals surface area contributed by atoms with Gasteiger partial charge in [0.25, 0.3) is 0 Å². The van der Waals surface area contributed by atoms with Crippen molar-refractivity contribution in [2.24, 2.45) is 0 Å². The molecule has 6 heteroatoms. The van der Waals surface area contributed by atoms with Gasteiger partial charge in [-0.3, -0.25) is 0 Å². The second-order valence-corrected chi connectivity index (χ2v) is 6.29. The first kappa shape index (κ1) is 14.3. The zero-order valence-corrected chi connectivity index (χ0v) is 13.2. The van der Waals surface area contributed by atoms with Crippen LogP contribution in [0.2, 0.25) is 0 Å². The maximum Gasteiger partial charge on any atom is 0.185 e. The first-order valence-electron chi connectivity index (χ1n) is 7.21. The minimum atomic E-state index is -0.439. The van der Waals surface area contributed by atoms with Gasteiger partial charge in [0, 0.05) is 32.4 Å². The van der Waals surface area contributed by atoms with E-state index in [0.717, 1.165) is 47.7 Å². The Morgan fingerprint density at radius 2 is 1.90 bits per heavy atom. The summed E-state index contributed by atoms with van der Waals surface area (Å²) in [7, 11) is 0. The molecule has 1 N–H and O–H groups in total. The maximum atomic E-state index is 9.74. The molecule has 5 nitrogen and oxygen atoms in total. The zero-order chi connectivity index (χ0) is 14.8. The molecule has 1 aliphatic rings. The standard InChI is InChI=1S/C15H20N4OS/c1-11-14(12(2)20)21-15(17-11)19-9-7-18(8-10-19)13-5-3-4-6-16-13/h3-6,12,20H,7-10H2,1-2H3. The average Bonchev–Trinajstić information content (AvgIpc) is 2.90. The highest BCUT2D eigenvalue weighted by Gasteiger charge is 2.22. The van der Waals surface area contributed by atoms with Crippen molar-refractivity contribution in [2.75, 3.05) is 36.0 Å². The predicted octanol–water partition coefficient (Wildman–Crippen LogP) is 2.23. The van der Waals surface area contributed by atoms with Crippen LogP contribution in [0, 0.1) is 6.92 Å². The van der Waals surface area contributed by atoms with Crippen LogP contribution in [0.25, 0.3) is 0 Å². The van der Waals surface area contributed by atoms with E-state index in [1.54, 1.807) is 18.3 Å². The number of nitrogens with zero attached hydrogens (tertiary/aromatic N) is 4. The van der Waals surface area contributed by atoms with Gasteiger partial charge in [0.2, 0.25) is 0 Å². The van der Waals surface area contributed by atoms with E-state index in [2.05, 4.69) is 25.8 Å². The van der Waals surface area contributed by atoms with Crippen LogP contribution in [0.1, 0.15) is 23.6 Å². The molecule has 2 aromatic heterocycles. The highest BCUT2D eigenvalue weighted by Crippen LogP contribution is 2.31. The lowest BCUT2D eigenvalue weighted by molar-refractivity contribution is 0.202. The van der Waals surface area contributed by atoms with Gasteiger partial charge in [-0.2, -0.15) is 0 Å². The lowest BCUT2D eigenvalue weighted by Gasteiger charge is -2.35. The Balaban J connectivity index is 1.67. The summed E-state index contributed by atoms with van der Waals surface area (Å²) >= 11 is 1.60. The number of aliphatic hydroxyl groups excluding tert-OH is 1. The Morgan fingerprint density at radius 3 is 2.48 bits per heavy atom. The molecule has 1 atom stereocenters.